The maximum absolute atomic E-state index is 11.9. The van der Waals surface area contributed by atoms with E-state index in [0.29, 0.717) is 19.0 Å². The lowest BCUT2D eigenvalue weighted by atomic mass is 9.81. The van der Waals surface area contributed by atoms with E-state index in [2.05, 4.69) is 26.1 Å². The molecular formula is C12H24N2O. The maximum atomic E-state index is 11.9. The number of carbonyl (C=O) groups excluding carboxylic acids is 1. The van der Waals surface area contributed by atoms with Crippen LogP contribution in [-0.2, 0) is 4.79 Å². The zero-order valence-corrected chi connectivity index (χ0v) is 10.2. The summed E-state index contributed by atoms with van der Waals surface area (Å²) in [5.41, 5.74) is 5.69. The molecule has 0 spiro atoms. The predicted octanol–water partition coefficient (Wildman–Crippen LogP) is 1.52. The zero-order valence-electron chi connectivity index (χ0n) is 10.2. The summed E-state index contributed by atoms with van der Waals surface area (Å²) in [7, 11) is 0. The van der Waals surface area contributed by atoms with Gasteiger partial charge in [0.05, 0.1) is 0 Å². The quantitative estimate of drug-likeness (QED) is 0.742. The smallest absolute Gasteiger partial charge is 0.223 e. The minimum absolute atomic E-state index is 0.177. The SMILES string of the molecule is CC(CN)CNC(=O)C1CCCC1(C)C. The fraction of sp³-hybridized carbons (Fsp3) is 0.917. The molecule has 15 heavy (non-hydrogen) atoms. The van der Waals surface area contributed by atoms with Crippen LogP contribution >= 0.6 is 0 Å². The van der Waals surface area contributed by atoms with Crippen LogP contribution in [0.15, 0.2) is 0 Å². The second-order valence-electron chi connectivity index (χ2n) is 5.52. The van der Waals surface area contributed by atoms with Gasteiger partial charge in [-0.05, 0) is 30.7 Å². The number of amides is 1. The van der Waals surface area contributed by atoms with Crippen LogP contribution in [0.4, 0.5) is 0 Å². The molecule has 0 aromatic carbocycles. The molecule has 3 N–H and O–H groups in total. The molecule has 1 rings (SSSR count). The summed E-state index contributed by atoms with van der Waals surface area (Å²) in [6.45, 7) is 7.78. The number of hydrogen-bond donors (Lipinski definition) is 2. The van der Waals surface area contributed by atoms with Crippen molar-refractivity contribution < 1.29 is 4.79 Å². The van der Waals surface area contributed by atoms with Crippen LogP contribution < -0.4 is 11.1 Å². The van der Waals surface area contributed by atoms with Gasteiger partial charge in [0.2, 0.25) is 5.91 Å². The normalized spacial score (nSPS) is 26.3. The third-order valence-electron chi connectivity index (χ3n) is 3.60. The van der Waals surface area contributed by atoms with E-state index in [1.54, 1.807) is 0 Å². The average Bonchev–Trinajstić information content (AvgIpc) is 2.53. The maximum Gasteiger partial charge on any atom is 0.223 e. The van der Waals surface area contributed by atoms with Gasteiger partial charge in [-0.15, -0.1) is 0 Å². The number of rotatable bonds is 4. The van der Waals surface area contributed by atoms with Crippen molar-refractivity contribution in [2.45, 2.75) is 40.0 Å². The lowest BCUT2D eigenvalue weighted by Crippen LogP contribution is -2.39. The Kier molecular flexibility index (Phi) is 4.14. The van der Waals surface area contributed by atoms with E-state index in [1.807, 2.05) is 0 Å². The monoisotopic (exact) mass is 212 g/mol. The van der Waals surface area contributed by atoms with Crippen molar-refractivity contribution in [1.29, 1.82) is 0 Å². The van der Waals surface area contributed by atoms with Gasteiger partial charge in [0, 0.05) is 12.5 Å². The van der Waals surface area contributed by atoms with Crippen LogP contribution in [-0.4, -0.2) is 19.0 Å². The van der Waals surface area contributed by atoms with Crippen molar-refractivity contribution in [2.75, 3.05) is 13.1 Å². The Bertz CT molecular complexity index is 226. The minimum atomic E-state index is 0.177. The molecule has 2 atom stereocenters. The molecule has 2 unspecified atom stereocenters. The van der Waals surface area contributed by atoms with Gasteiger partial charge in [0.1, 0.15) is 0 Å². The Balaban J connectivity index is 2.40. The first-order valence-electron chi connectivity index (χ1n) is 5.95. The Morgan fingerprint density at radius 3 is 2.73 bits per heavy atom. The summed E-state index contributed by atoms with van der Waals surface area (Å²) < 4.78 is 0. The highest BCUT2D eigenvalue weighted by molar-refractivity contribution is 5.79. The van der Waals surface area contributed by atoms with Crippen molar-refractivity contribution >= 4 is 5.91 Å². The summed E-state index contributed by atoms with van der Waals surface area (Å²) in [6.07, 6.45) is 3.38. The predicted molar refractivity (Wildman–Crippen MR) is 62.4 cm³/mol. The summed E-state index contributed by atoms with van der Waals surface area (Å²) in [5, 5.41) is 3.01. The molecule has 0 aliphatic heterocycles. The third-order valence-corrected chi connectivity index (χ3v) is 3.60. The minimum Gasteiger partial charge on any atom is -0.356 e. The summed E-state index contributed by atoms with van der Waals surface area (Å²) >= 11 is 0. The molecule has 1 aliphatic rings. The highest BCUT2D eigenvalue weighted by Crippen LogP contribution is 2.42. The van der Waals surface area contributed by atoms with Crippen LogP contribution in [0.3, 0.4) is 0 Å². The van der Waals surface area contributed by atoms with E-state index in [4.69, 9.17) is 5.73 Å². The Morgan fingerprint density at radius 2 is 2.27 bits per heavy atom. The van der Waals surface area contributed by atoms with Gasteiger partial charge in [0.25, 0.3) is 0 Å². The van der Waals surface area contributed by atoms with Crippen molar-refractivity contribution in [1.82, 2.24) is 5.32 Å². The molecule has 0 radical (unpaired) electrons. The van der Waals surface area contributed by atoms with Crippen LogP contribution in [0.1, 0.15) is 40.0 Å². The second-order valence-corrected chi connectivity index (χ2v) is 5.52. The van der Waals surface area contributed by atoms with Gasteiger partial charge in [-0.3, -0.25) is 4.79 Å². The Hall–Kier alpha value is -0.570. The van der Waals surface area contributed by atoms with E-state index < -0.39 is 0 Å². The molecule has 0 aromatic heterocycles. The molecule has 1 saturated carbocycles. The van der Waals surface area contributed by atoms with Crippen LogP contribution in [0, 0.1) is 17.3 Å². The third kappa shape index (κ3) is 3.20. The topological polar surface area (TPSA) is 55.1 Å². The van der Waals surface area contributed by atoms with E-state index in [0.717, 1.165) is 12.8 Å². The highest BCUT2D eigenvalue weighted by atomic mass is 16.1. The fourth-order valence-electron chi connectivity index (χ4n) is 2.29. The zero-order chi connectivity index (χ0) is 11.5. The molecule has 1 amide bonds. The van der Waals surface area contributed by atoms with E-state index in [-0.39, 0.29) is 17.2 Å². The lowest BCUT2D eigenvalue weighted by Gasteiger charge is -2.26. The first-order chi connectivity index (χ1) is 6.97. The van der Waals surface area contributed by atoms with Crippen LogP contribution in [0.2, 0.25) is 0 Å². The summed E-state index contributed by atoms with van der Waals surface area (Å²) in [4.78, 5) is 11.9. The van der Waals surface area contributed by atoms with Crippen molar-refractivity contribution in [2.24, 2.45) is 23.0 Å². The lowest BCUT2D eigenvalue weighted by molar-refractivity contribution is -0.127. The average molecular weight is 212 g/mol. The van der Waals surface area contributed by atoms with Crippen molar-refractivity contribution in [3.63, 3.8) is 0 Å². The molecule has 0 saturated heterocycles. The largest absolute Gasteiger partial charge is 0.356 e. The second kappa shape index (κ2) is 4.97. The molecule has 3 heteroatoms. The van der Waals surface area contributed by atoms with Gasteiger partial charge in [0.15, 0.2) is 0 Å². The number of nitrogens with one attached hydrogen (secondary N) is 1. The fourth-order valence-corrected chi connectivity index (χ4v) is 2.29. The number of hydrogen-bond acceptors (Lipinski definition) is 2. The first kappa shape index (κ1) is 12.5. The Morgan fingerprint density at radius 1 is 1.60 bits per heavy atom. The molecule has 88 valence electrons. The molecular weight excluding hydrogens is 188 g/mol. The molecule has 0 heterocycles. The van der Waals surface area contributed by atoms with E-state index >= 15 is 0 Å². The van der Waals surface area contributed by atoms with E-state index in [9.17, 15) is 4.79 Å². The van der Waals surface area contributed by atoms with Gasteiger partial charge in [-0.2, -0.15) is 0 Å². The molecule has 1 aliphatic carbocycles. The summed E-state index contributed by atoms with van der Waals surface area (Å²) in [6, 6.07) is 0. The number of carbonyl (C=O) groups is 1. The highest BCUT2D eigenvalue weighted by Gasteiger charge is 2.39. The van der Waals surface area contributed by atoms with Crippen molar-refractivity contribution in [3.05, 3.63) is 0 Å². The van der Waals surface area contributed by atoms with Gasteiger partial charge < -0.3 is 11.1 Å². The van der Waals surface area contributed by atoms with Gasteiger partial charge >= 0.3 is 0 Å². The first-order valence-corrected chi connectivity index (χ1v) is 5.95. The molecule has 3 nitrogen and oxygen atoms in total. The van der Waals surface area contributed by atoms with Crippen LogP contribution in [0.5, 0.6) is 0 Å². The summed E-state index contributed by atoms with van der Waals surface area (Å²) in [5.74, 6) is 0.790. The van der Waals surface area contributed by atoms with E-state index in [1.165, 1.54) is 6.42 Å². The Labute approximate surface area is 92.8 Å². The number of nitrogens with two attached hydrogens (primary N) is 1. The molecule has 0 bridgehead atoms. The van der Waals surface area contributed by atoms with Gasteiger partial charge in [-0.25, -0.2) is 0 Å². The standard InChI is InChI=1S/C12H24N2O/c1-9(7-13)8-14-11(15)10-5-4-6-12(10,2)3/h9-10H,4-8,13H2,1-3H3,(H,14,15). The van der Waals surface area contributed by atoms with Gasteiger partial charge in [-0.1, -0.05) is 27.2 Å². The molecule has 1 fully saturated rings. The van der Waals surface area contributed by atoms with Crippen LogP contribution in [0.25, 0.3) is 0 Å². The molecule has 0 aromatic rings. The van der Waals surface area contributed by atoms with Crippen molar-refractivity contribution in [3.8, 4) is 0 Å².